The molecule has 1 amide bonds. The van der Waals surface area contributed by atoms with Gasteiger partial charge in [-0.2, -0.15) is 19.6 Å². The second kappa shape index (κ2) is 16.1. The fourth-order valence-electron chi connectivity index (χ4n) is 5.03. The SMILES string of the molecule is CNc1cc(-n2nc(C)cc2Nc2cc(N)ccc2C)ncn1.CNc1cc(-n2nc(C)cc2Nc2cc(NC(=O)OC(C)(C)C)ccc2C)ncn1. The van der Waals surface area contributed by atoms with Crippen LogP contribution in [0.2, 0.25) is 0 Å². The maximum atomic E-state index is 12.1. The first-order valence-electron chi connectivity index (χ1n) is 16.9. The van der Waals surface area contributed by atoms with Crippen molar-refractivity contribution in [3.05, 3.63) is 95.8 Å². The first-order chi connectivity index (χ1) is 25.2. The van der Waals surface area contributed by atoms with Gasteiger partial charge >= 0.3 is 6.09 Å². The van der Waals surface area contributed by atoms with E-state index < -0.39 is 11.7 Å². The average molecular weight is 719 g/mol. The van der Waals surface area contributed by atoms with Crippen LogP contribution in [-0.2, 0) is 4.74 Å². The number of nitrogens with two attached hydrogens (primary N) is 1. The molecule has 53 heavy (non-hydrogen) atoms. The van der Waals surface area contributed by atoms with Gasteiger partial charge < -0.3 is 31.7 Å². The van der Waals surface area contributed by atoms with Crippen molar-refractivity contribution < 1.29 is 9.53 Å². The number of nitrogen functional groups attached to an aromatic ring is 1. The lowest BCUT2D eigenvalue weighted by Gasteiger charge is -2.20. The minimum absolute atomic E-state index is 0.501. The van der Waals surface area contributed by atoms with Crippen molar-refractivity contribution in [2.45, 2.75) is 54.1 Å². The number of carbonyl (C=O) groups is 1. The smallest absolute Gasteiger partial charge is 0.412 e. The second-order valence-electron chi connectivity index (χ2n) is 13.2. The van der Waals surface area contributed by atoms with E-state index in [2.05, 4.69) is 56.7 Å². The third-order valence-electron chi connectivity index (χ3n) is 7.58. The molecule has 16 nitrogen and oxygen atoms in total. The molecule has 0 radical (unpaired) electrons. The maximum absolute atomic E-state index is 12.1. The first kappa shape index (κ1) is 37.5. The van der Waals surface area contributed by atoms with E-state index in [4.69, 9.17) is 10.5 Å². The van der Waals surface area contributed by atoms with Crippen molar-refractivity contribution >= 4 is 52.1 Å². The van der Waals surface area contributed by atoms with E-state index in [0.717, 1.165) is 51.3 Å². The molecule has 4 heterocycles. The van der Waals surface area contributed by atoms with Crippen LogP contribution < -0.4 is 32.3 Å². The van der Waals surface area contributed by atoms with Gasteiger partial charge in [0.25, 0.3) is 0 Å². The molecule has 4 aromatic heterocycles. The van der Waals surface area contributed by atoms with Gasteiger partial charge in [0.15, 0.2) is 11.6 Å². The van der Waals surface area contributed by atoms with Gasteiger partial charge in [-0.25, -0.2) is 24.7 Å². The molecular formula is C37H46N14O2. The van der Waals surface area contributed by atoms with Gasteiger partial charge in [-0.1, -0.05) is 12.1 Å². The molecule has 6 rings (SSSR count). The van der Waals surface area contributed by atoms with Gasteiger partial charge in [-0.05, 0) is 83.9 Å². The molecule has 0 aliphatic carbocycles. The monoisotopic (exact) mass is 718 g/mol. The summed E-state index contributed by atoms with van der Waals surface area (Å²) in [5.74, 6) is 4.29. The Bertz CT molecular complexity index is 2200. The van der Waals surface area contributed by atoms with E-state index in [1.807, 2.05) is 116 Å². The van der Waals surface area contributed by atoms with Crippen molar-refractivity contribution in [2.24, 2.45) is 0 Å². The summed E-state index contributed by atoms with van der Waals surface area (Å²) < 4.78 is 8.79. The van der Waals surface area contributed by atoms with Crippen LogP contribution in [0.25, 0.3) is 11.6 Å². The Morgan fingerprint density at radius 1 is 0.679 bits per heavy atom. The molecule has 0 bridgehead atoms. The lowest BCUT2D eigenvalue weighted by atomic mass is 10.1. The molecular weight excluding hydrogens is 673 g/mol. The van der Waals surface area contributed by atoms with Crippen LogP contribution in [-0.4, -0.2) is 65.3 Å². The van der Waals surface area contributed by atoms with Crippen LogP contribution in [0.5, 0.6) is 0 Å². The maximum Gasteiger partial charge on any atom is 0.412 e. The predicted molar refractivity (Wildman–Crippen MR) is 210 cm³/mol. The van der Waals surface area contributed by atoms with Crippen LogP contribution in [0.4, 0.5) is 50.8 Å². The van der Waals surface area contributed by atoms with Crippen molar-refractivity contribution in [2.75, 3.05) is 46.4 Å². The third-order valence-corrected chi connectivity index (χ3v) is 7.58. The number of carbonyl (C=O) groups excluding carboxylic acids is 1. The number of aromatic nitrogens is 8. The summed E-state index contributed by atoms with van der Waals surface area (Å²) in [5, 5.41) is 24.6. The van der Waals surface area contributed by atoms with Crippen LogP contribution in [0.15, 0.2) is 73.3 Å². The summed E-state index contributed by atoms with van der Waals surface area (Å²) in [5.41, 5.74) is 12.2. The number of aryl methyl sites for hydroxylation is 4. The van der Waals surface area contributed by atoms with Crippen LogP contribution in [0.1, 0.15) is 43.3 Å². The molecule has 0 aliphatic heterocycles. The summed E-state index contributed by atoms with van der Waals surface area (Å²) >= 11 is 0. The zero-order valence-electron chi connectivity index (χ0n) is 31.4. The van der Waals surface area contributed by atoms with E-state index in [1.165, 1.54) is 12.7 Å². The highest BCUT2D eigenvalue weighted by Crippen LogP contribution is 2.28. The number of amides is 1. The second-order valence-corrected chi connectivity index (χ2v) is 13.2. The molecule has 16 heteroatoms. The Balaban J connectivity index is 0.000000211. The number of nitrogens with one attached hydrogen (secondary N) is 5. The highest BCUT2D eigenvalue weighted by atomic mass is 16.6. The Morgan fingerprint density at radius 3 is 1.66 bits per heavy atom. The van der Waals surface area contributed by atoms with Crippen LogP contribution in [0, 0.1) is 27.7 Å². The topological polar surface area (TPSA) is 200 Å². The molecule has 7 N–H and O–H groups in total. The molecule has 0 aliphatic rings. The number of rotatable bonds is 9. The minimum Gasteiger partial charge on any atom is -0.444 e. The molecule has 0 unspecified atom stereocenters. The summed E-state index contributed by atoms with van der Waals surface area (Å²) in [6.45, 7) is 13.3. The normalized spacial score (nSPS) is 10.9. The van der Waals surface area contributed by atoms with Crippen molar-refractivity contribution in [3.8, 4) is 11.6 Å². The standard InChI is InChI=1S/C21H27N7O2.C16H19N7/c1-13-7-8-15(25-20(29)30-21(3,4)5)10-16(13)26-19-9-14(2)27-28(19)18-11-17(22-6)23-12-24-18;1-10-4-5-12(17)7-13(10)21-16-6-11(2)22-23(16)15-8-14(18-3)19-9-20-15/h7-12,26H,1-6H3,(H,25,29)(H,22,23,24);4-9,21H,17H2,1-3H3,(H,18,19,20). The van der Waals surface area contributed by atoms with Crippen LogP contribution in [0.3, 0.4) is 0 Å². The molecule has 276 valence electrons. The van der Waals surface area contributed by atoms with E-state index in [9.17, 15) is 4.79 Å². The summed E-state index contributed by atoms with van der Waals surface area (Å²) in [6.07, 6.45) is 2.49. The molecule has 0 atom stereocenters. The number of hydrogen-bond donors (Lipinski definition) is 6. The van der Waals surface area contributed by atoms with E-state index in [1.54, 1.807) is 16.4 Å². The molecule has 0 spiro atoms. The number of hydrogen-bond acceptors (Lipinski definition) is 13. The van der Waals surface area contributed by atoms with E-state index >= 15 is 0 Å². The Morgan fingerprint density at radius 2 is 1.17 bits per heavy atom. The Kier molecular flexibility index (Phi) is 11.4. The molecule has 0 saturated carbocycles. The zero-order chi connectivity index (χ0) is 38.3. The fraction of sp³-hybridized carbons (Fsp3) is 0.270. The number of ether oxygens (including phenoxy) is 1. The van der Waals surface area contributed by atoms with Gasteiger partial charge in [0.2, 0.25) is 0 Å². The van der Waals surface area contributed by atoms with E-state index in [-0.39, 0.29) is 0 Å². The van der Waals surface area contributed by atoms with Crippen molar-refractivity contribution in [1.29, 1.82) is 0 Å². The fourth-order valence-corrected chi connectivity index (χ4v) is 5.03. The Hall–Kier alpha value is -6.71. The predicted octanol–water partition coefficient (Wildman–Crippen LogP) is 7.06. The van der Waals surface area contributed by atoms with Gasteiger partial charge in [-0.15, -0.1) is 0 Å². The first-order valence-corrected chi connectivity index (χ1v) is 16.9. The lowest BCUT2D eigenvalue weighted by Crippen LogP contribution is -2.27. The summed E-state index contributed by atoms with van der Waals surface area (Å²) in [4.78, 5) is 29.0. The Labute approximate surface area is 308 Å². The van der Waals surface area contributed by atoms with Crippen molar-refractivity contribution in [1.82, 2.24) is 39.5 Å². The van der Waals surface area contributed by atoms with Gasteiger partial charge in [0.1, 0.15) is 41.5 Å². The molecule has 2 aromatic carbocycles. The quantitative estimate of drug-likeness (QED) is 0.0831. The van der Waals surface area contributed by atoms with Gasteiger partial charge in [-0.3, -0.25) is 5.32 Å². The number of anilines is 8. The number of nitrogens with zero attached hydrogens (tertiary/aromatic N) is 8. The van der Waals surface area contributed by atoms with Crippen molar-refractivity contribution in [3.63, 3.8) is 0 Å². The van der Waals surface area contributed by atoms with E-state index in [0.29, 0.717) is 28.8 Å². The third kappa shape index (κ3) is 9.96. The lowest BCUT2D eigenvalue weighted by molar-refractivity contribution is 0.0636. The highest BCUT2D eigenvalue weighted by molar-refractivity contribution is 5.86. The molecule has 6 aromatic rings. The highest BCUT2D eigenvalue weighted by Gasteiger charge is 2.17. The molecule has 0 fully saturated rings. The zero-order valence-corrected chi connectivity index (χ0v) is 31.4. The average Bonchev–Trinajstić information content (AvgIpc) is 3.68. The van der Waals surface area contributed by atoms with Crippen LogP contribution >= 0.6 is 0 Å². The molecule has 0 saturated heterocycles. The summed E-state index contributed by atoms with van der Waals surface area (Å²) in [7, 11) is 3.61. The van der Waals surface area contributed by atoms with Gasteiger partial charge in [0.05, 0.1) is 11.4 Å². The van der Waals surface area contributed by atoms with Gasteiger partial charge in [0, 0.05) is 61.1 Å². The minimum atomic E-state index is -0.566. The summed E-state index contributed by atoms with van der Waals surface area (Å²) in [6, 6.07) is 18.9. The number of benzene rings is 2. The largest absolute Gasteiger partial charge is 0.444 e.